The Morgan fingerprint density at radius 3 is 2.30 bits per heavy atom. The molecule has 1 aromatic heterocycles. The summed E-state index contributed by atoms with van der Waals surface area (Å²) in [5, 5.41) is 19.6. The van der Waals surface area contributed by atoms with E-state index >= 15 is 0 Å². The average molecular weight is 758 g/mol. The maximum Gasteiger partial charge on any atom is 0.471 e. The molecule has 0 fully saturated rings. The van der Waals surface area contributed by atoms with Crippen molar-refractivity contribution in [3.8, 4) is 11.6 Å². The number of nitrogens with zero attached hydrogens (tertiary/aromatic N) is 2. The Morgan fingerprint density at radius 2 is 1.78 bits per heavy atom. The van der Waals surface area contributed by atoms with Crippen molar-refractivity contribution < 1.29 is 37.7 Å². The molecule has 196 valence electrons. The molecule has 3 aromatic rings. The van der Waals surface area contributed by atoms with Crippen LogP contribution in [0.3, 0.4) is 0 Å². The normalized spacial score (nSPS) is 12.2. The number of aromatic hydroxyl groups is 1. The molecule has 0 saturated carbocycles. The number of carbonyl (C=O) groups excluding carboxylic acids is 1. The molecule has 0 aliphatic carbocycles. The van der Waals surface area contributed by atoms with E-state index in [4.69, 9.17) is 4.74 Å². The lowest BCUT2D eigenvalue weighted by Crippen LogP contribution is -2.49. The molecule has 0 aliphatic rings. The Kier molecular flexibility index (Phi) is 9.55. The number of benzene rings is 2. The molecule has 1 heterocycles. The van der Waals surface area contributed by atoms with Crippen LogP contribution < -0.4 is 9.64 Å². The van der Waals surface area contributed by atoms with Crippen LogP contribution in [0.1, 0.15) is 18.1 Å². The van der Waals surface area contributed by atoms with Gasteiger partial charge in [0.25, 0.3) is 0 Å². The van der Waals surface area contributed by atoms with E-state index in [1.807, 2.05) is 51.2 Å². The van der Waals surface area contributed by atoms with Crippen molar-refractivity contribution in [1.29, 1.82) is 0 Å². The second kappa shape index (κ2) is 12.1. The number of hydrogen-bond acceptors (Lipinski definition) is 6. The summed E-state index contributed by atoms with van der Waals surface area (Å²) in [6.07, 6.45) is -3.18. The van der Waals surface area contributed by atoms with Crippen LogP contribution in [0.5, 0.6) is 11.6 Å². The number of methoxy groups -OCH3 is 1. The molecule has 0 aliphatic heterocycles. The number of aliphatic carboxylic acids is 1. The second-order valence-corrected chi connectivity index (χ2v) is 11.1. The SMILES string of the molecule is COc1ccc(Cc2cc(Sc3c(I)cc(N(C(=O)C(F)(F)F)[C@@H](C)C(=O)O)cc3I)ccc2O)cn1. The molecule has 0 spiro atoms. The molecule has 1 amide bonds. The summed E-state index contributed by atoms with van der Waals surface area (Å²) in [4.78, 5) is 29.4. The first kappa shape index (κ1) is 29.3. The van der Waals surface area contributed by atoms with Gasteiger partial charge in [-0.3, -0.25) is 9.69 Å². The van der Waals surface area contributed by atoms with Crippen LogP contribution in [0, 0.1) is 7.14 Å². The number of rotatable bonds is 8. The number of carboxylic acid groups (broad SMARTS) is 1. The van der Waals surface area contributed by atoms with Gasteiger partial charge in [0.1, 0.15) is 11.8 Å². The topological polar surface area (TPSA) is 100.0 Å². The van der Waals surface area contributed by atoms with E-state index in [-0.39, 0.29) is 16.3 Å². The van der Waals surface area contributed by atoms with Crippen LogP contribution in [-0.2, 0) is 16.0 Å². The van der Waals surface area contributed by atoms with Gasteiger partial charge in [0, 0.05) is 41.3 Å². The first-order valence-electron chi connectivity index (χ1n) is 10.4. The molecule has 2 N–H and O–H groups in total. The van der Waals surface area contributed by atoms with Crippen molar-refractivity contribution in [3.05, 3.63) is 66.9 Å². The highest BCUT2D eigenvalue weighted by atomic mass is 127. The Balaban J connectivity index is 1.92. The van der Waals surface area contributed by atoms with Crippen molar-refractivity contribution in [2.45, 2.75) is 35.4 Å². The Hall–Kier alpha value is -2.27. The Bertz CT molecular complexity index is 1300. The highest BCUT2D eigenvalue weighted by Gasteiger charge is 2.46. The number of carboxylic acids is 1. The van der Waals surface area contributed by atoms with E-state index in [2.05, 4.69) is 4.98 Å². The number of anilines is 1. The van der Waals surface area contributed by atoms with Gasteiger partial charge in [0.2, 0.25) is 5.88 Å². The van der Waals surface area contributed by atoms with Gasteiger partial charge in [-0.2, -0.15) is 13.2 Å². The van der Waals surface area contributed by atoms with E-state index in [1.54, 1.807) is 30.5 Å². The zero-order valence-corrected chi connectivity index (χ0v) is 24.3. The van der Waals surface area contributed by atoms with Crippen LogP contribution in [0.4, 0.5) is 18.9 Å². The van der Waals surface area contributed by atoms with Gasteiger partial charge in [-0.05, 0) is 93.6 Å². The van der Waals surface area contributed by atoms with Crippen molar-refractivity contribution >= 4 is 74.5 Å². The smallest absolute Gasteiger partial charge is 0.471 e. The van der Waals surface area contributed by atoms with Gasteiger partial charge < -0.3 is 14.9 Å². The van der Waals surface area contributed by atoms with Crippen LogP contribution in [0.15, 0.2) is 58.5 Å². The van der Waals surface area contributed by atoms with E-state index in [1.165, 1.54) is 31.0 Å². The van der Waals surface area contributed by atoms with Crippen LogP contribution in [0.2, 0.25) is 0 Å². The summed E-state index contributed by atoms with van der Waals surface area (Å²) >= 11 is 5.20. The summed E-state index contributed by atoms with van der Waals surface area (Å²) in [6, 6.07) is 9.58. The van der Waals surface area contributed by atoms with Crippen molar-refractivity contribution in [3.63, 3.8) is 0 Å². The molecule has 0 saturated heterocycles. The molecule has 7 nitrogen and oxygen atoms in total. The minimum atomic E-state index is -5.24. The average Bonchev–Trinajstić information content (AvgIpc) is 2.83. The first-order chi connectivity index (χ1) is 17.3. The second-order valence-electron chi connectivity index (χ2n) is 7.70. The Labute approximate surface area is 241 Å². The predicted octanol–water partition coefficient (Wildman–Crippen LogP) is 6.12. The maximum atomic E-state index is 13.2. The predicted molar refractivity (Wildman–Crippen MR) is 148 cm³/mol. The monoisotopic (exact) mass is 758 g/mol. The molecule has 0 unspecified atom stereocenters. The lowest BCUT2D eigenvalue weighted by molar-refractivity contribution is -0.171. The Morgan fingerprint density at radius 1 is 1.14 bits per heavy atom. The van der Waals surface area contributed by atoms with Crippen LogP contribution >= 0.6 is 56.9 Å². The van der Waals surface area contributed by atoms with Crippen molar-refractivity contribution in [2.24, 2.45) is 0 Å². The van der Waals surface area contributed by atoms with E-state index < -0.39 is 24.1 Å². The number of halogens is 5. The fraction of sp³-hybridized carbons (Fsp3) is 0.208. The number of phenolic OH excluding ortho intramolecular Hbond substituents is 1. The van der Waals surface area contributed by atoms with Gasteiger partial charge in [-0.1, -0.05) is 17.8 Å². The first-order valence-corrected chi connectivity index (χ1v) is 13.4. The van der Waals surface area contributed by atoms with Gasteiger partial charge in [0.05, 0.1) is 7.11 Å². The largest absolute Gasteiger partial charge is 0.508 e. The molecule has 1 atom stereocenters. The third kappa shape index (κ3) is 7.19. The zero-order chi connectivity index (χ0) is 27.5. The number of amides is 1. The molecular formula is C24H19F3I2N2O5S. The summed E-state index contributed by atoms with van der Waals surface area (Å²) in [6.45, 7) is 1.02. The number of ether oxygens (including phenoxy) is 1. The number of phenols is 1. The quantitative estimate of drug-likeness (QED) is 0.268. The number of hydrogen-bond donors (Lipinski definition) is 2. The molecule has 3 rings (SSSR count). The molecular weight excluding hydrogens is 739 g/mol. The lowest BCUT2D eigenvalue weighted by Gasteiger charge is -2.28. The number of pyridine rings is 1. The van der Waals surface area contributed by atoms with Crippen LogP contribution in [0.25, 0.3) is 0 Å². The number of carbonyl (C=O) groups is 2. The van der Waals surface area contributed by atoms with Crippen LogP contribution in [-0.4, -0.2) is 46.4 Å². The fourth-order valence-corrected chi connectivity index (χ4v) is 6.57. The standard InChI is InChI=1S/C24H19F3I2N2O5S/c1-12(22(33)34)31(23(35)24(25,26)27)15-9-17(28)21(18(29)10-15)37-16-4-5-19(32)14(8-16)7-13-3-6-20(36-2)30-11-13/h3-6,8-12,32H,7H2,1-2H3,(H,33,34)/t12-/m0/s1. The van der Waals surface area contributed by atoms with Gasteiger partial charge >= 0.3 is 18.1 Å². The minimum absolute atomic E-state index is 0.101. The highest BCUT2D eigenvalue weighted by Crippen LogP contribution is 2.40. The number of alkyl halides is 3. The third-order valence-electron chi connectivity index (χ3n) is 5.14. The summed E-state index contributed by atoms with van der Waals surface area (Å²) < 4.78 is 45.8. The summed E-state index contributed by atoms with van der Waals surface area (Å²) in [5.41, 5.74) is 1.33. The highest BCUT2D eigenvalue weighted by molar-refractivity contribution is 14.1. The van der Waals surface area contributed by atoms with Crippen molar-refractivity contribution in [1.82, 2.24) is 4.98 Å². The third-order valence-corrected chi connectivity index (χ3v) is 8.71. The van der Waals surface area contributed by atoms with Gasteiger partial charge in [0.15, 0.2) is 0 Å². The fourth-order valence-electron chi connectivity index (χ4n) is 3.29. The molecule has 0 bridgehead atoms. The lowest BCUT2D eigenvalue weighted by atomic mass is 10.1. The summed E-state index contributed by atoms with van der Waals surface area (Å²) in [5.74, 6) is -3.25. The molecule has 37 heavy (non-hydrogen) atoms. The van der Waals surface area contributed by atoms with E-state index in [0.717, 1.165) is 17.4 Å². The minimum Gasteiger partial charge on any atom is -0.508 e. The summed E-state index contributed by atoms with van der Waals surface area (Å²) in [7, 11) is 1.52. The molecule has 2 aromatic carbocycles. The van der Waals surface area contributed by atoms with E-state index in [0.29, 0.717) is 29.9 Å². The molecule has 0 radical (unpaired) electrons. The van der Waals surface area contributed by atoms with Gasteiger partial charge in [-0.25, -0.2) is 9.78 Å². The van der Waals surface area contributed by atoms with Crippen molar-refractivity contribution in [2.75, 3.05) is 12.0 Å². The van der Waals surface area contributed by atoms with E-state index in [9.17, 15) is 33.0 Å². The maximum absolute atomic E-state index is 13.2. The zero-order valence-electron chi connectivity index (χ0n) is 19.2. The van der Waals surface area contributed by atoms with Gasteiger partial charge in [-0.15, -0.1) is 0 Å². The number of aromatic nitrogens is 1. The molecule has 13 heteroatoms.